The summed E-state index contributed by atoms with van der Waals surface area (Å²) in [6.07, 6.45) is 0. The van der Waals surface area contributed by atoms with Crippen molar-refractivity contribution in [2.24, 2.45) is 10.7 Å². The van der Waals surface area contributed by atoms with E-state index in [1.807, 2.05) is 11.9 Å². The Bertz CT molecular complexity index is 589. The molecule has 1 aliphatic heterocycles. The van der Waals surface area contributed by atoms with Crippen LogP contribution in [-0.4, -0.2) is 24.5 Å². The lowest BCUT2D eigenvalue weighted by Crippen LogP contribution is -2.32. The minimum atomic E-state index is 0.277. The van der Waals surface area contributed by atoms with Gasteiger partial charge in [0.05, 0.1) is 12.6 Å². The number of guanidine groups is 1. The first-order valence-electron chi connectivity index (χ1n) is 5.77. The Morgan fingerprint density at radius 1 is 1.18 bits per heavy atom. The second-order valence-corrected chi connectivity index (χ2v) is 4.43. The molecule has 3 rings (SSSR count). The number of nitrogens with zero attached hydrogens (tertiary/aromatic N) is 2. The van der Waals surface area contributed by atoms with Crippen molar-refractivity contribution >= 4 is 16.7 Å². The maximum atomic E-state index is 5.79. The summed E-state index contributed by atoms with van der Waals surface area (Å²) in [4.78, 5) is 6.31. The summed E-state index contributed by atoms with van der Waals surface area (Å²) >= 11 is 0. The zero-order valence-corrected chi connectivity index (χ0v) is 9.80. The Labute approximate surface area is 101 Å². The zero-order valence-electron chi connectivity index (χ0n) is 9.80. The molecule has 1 heterocycles. The number of benzene rings is 2. The fraction of sp³-hybridized carbons (Fsp3) is 0.214. The van der Waals surface area contributed by atoms with Gasteiger partial charge in [-0.25, -0.2) is 0 Å². The molecular formula is C14H15N3. The van der Waals surface area contributed by atoms with E-state index in [1.165, 1.54) is 16.3 Å². The zero-order chi connectivity index (χ0) is 11.8. The number of rotatable bonds is 1. The van der Waals surface area contributed by atoms with E-state index in [-0.39, 0.29) is 6.04 Å². The Kier molecular flexibility index (Phi) is 2.25. The summed E-state index contributed by atoms with van der Waals surface area (Å²) < 4.78 is 0. The summed E-state index contributed by atoms with van der Waals surface area (Å²) in [6, 6.07) is 15.2. The number of hydrogen-bond donors (Lipinski definition) is 1. The quantitative estimate of drug-likeness (QED) is 0.808. The normalized spacial score (nSPS) is 19.7. The maximum Gasteiger partial charge on any atom is 0.191 e. The monoisotopic (exact) mass is 225 g/mol. The van der Waals surface area contributed by atoms with E-state index >= 15 is 0 Å². The van der Waals surface area contributed by atoms with Gasteiger partial charge in [-0.15, -0.1) is 0 Å². The molecule has 0 radical (unpaired) electrons. The van der Waals surface area contributed by atoms with Crippen molar-refractivity contribution in [3.8, 4) is 0 Å². The molecule has 0 fully saturated rings. The Balaban J connectivity index is 2.02. The highest BCUT2D eigenvalue weighted by atomic mass is 15.3. The number of hydrogen-bond acceptors (Lipinski definition) is 3. The lowest BCUT2D eigenvalue weighted by Gasteiger charge is -2.21. The van der Waals surface area contributed by atoms with Gasteiger partial charge in [0.25, 0.3) is 0 Å². The third kappa shape index (κ3) is 1.64. The highest BCUT2D eigenvalue weighted by molar-refractivity contribution is 5.84. The van der Waals surface area contributed by atoms with Gasteiger partial charge in [-0.3, -0.25) is 4.99 Å². The number of likely N-dealkylation sites (N-methyl/N-ethyl adjacent to an activating group) is 1. The summed E-state index contributed by atoms with van der Waals surface area (Å²) in [5, 5.41) is 2.54. The van der Waals surface area contributed by atoms with E-state index in [0.717, 1.165) is 6.54 Å². The molecule has 0 saturated heterocycles. The van der Waals surface area contributed by atoms with E-state index < -0.39 is 0 Å². The molecule has 2 aromatic rings. The van der Waals surface area contributed by atoms with Gasteiger partial charge in [-0.05, 0) is 22.4 Å². The third-order valence-electron chi connectivity index (χ3n) is 3.41. The van der Waals surface area contributed by atoms with E-state index in [1.54, 1.807) is 0 Å². The highest BCUT2D eigenvalue weighted by Gasteiger charge is 2.23. The topological polar surface area (TPSA) is 41.6 Å². The van der Waals surface area contributed by atoms with Crippen molar-refractivity contribution < 1.29 is 0 Å². The van der Waals surface area contributed by atoms with Gasteiger partial charge in [-0.2, -0.15) is 0 Å². The van der Waals surface area contributed by atoms with E-state index in [0.29, 0.717) is 5.96 Å². The Morgan fingerprint density at radius 2 is 1.94 bits per heavy atom. The van der Waals surface area contributed by atoms with Crippen LogP contribution in [0.5, 0.6) is 0 Å². The Hall–Kier alpha value is -2.03. The number of fused-ring (bicyclic) bond motifs is 1. The standard InChI is InChI=1S/C14H15N3/c1-17-13(9-16-14(17)15)12-7-6-10-4-2-3-5-11(10)8-12/h2-8,13H,9H2,1H3,(H2,15,16). The van der Waals surface area contributed by atoms with Gasteiger partial charge >= 0.3 is 0 Å². The van der Waals surface area contributed by atoms with Crippen molar-refractivity contribution in [1.82, 2.24) is 4.90 Å². The van der Waals surface area contributed by atoms with Crippen molar-refractivity contribution in [3.63, 3.8) is 0 Å². The van der Waals surface area contributed by atoms with Crippen LogP contribution in [0.15, 0.2) is 47.5 Å². The molecule has 3 nitrogen and oxygen atoms in total. The van der Waals surface area contributed by atoms with Crippen LogP contribution in [0, 0.1) is 0 Å². The van der Waals surface area contributed by atoms with Crippen molar-refractivity contribution in [1.29, 1.82) is 0 Å². The molecule has 0 amide bonds. The number of aliphatic imine (C=N–C) groups is 1. The lowest BCUT2D eigenvalue weighted by atomic mass is 10.0. The molecule has 1 aliphatic rings. The summed E-state index contributed by atoms with van der Waals surface area (Å²) in [7, 11) is 1.99. The molecule has 0 aliphatic carbocycles. The molecule has 2 N–H and O–H groups in total. The van der Waals surface area contributed by atoms with Crippen LogP contribution in [0.3, 0.4) is 0 Å². The molecule has 0 bridgehead atoms. The first-order valence-corrected chi connectivity index (χ1v) is 5.77. The maximum absolute atomic E-state index is 5.79. The van der Waals surface area contributed by atoms with Gasteiger partial charge in [0.1, 0.15) is 0 Å². The van der Waals surface area contributed by atoms with Gasteiger partial charge in [0.2, 0.25) is 0 Å². The first kappa shape index (κ1) is 10.1. The fourth-order valence-corrected chi connectivity index (χ4v) is 2.32. The largest absolute Gasteiger partial charge is 0.370 e. The average Bonchev–Trinajstić information content (AvgIpc) is 2.70. The first-order chi connectivity index (χ1) is 8.25. The molecule has 0 saturated carbocycles. The Morgan fingerprint density at radius 3 is 2.65 bits per heavy atom. The highest BCUT2D eigenvalue weighted by Crippen LogP contribution is 2.26. The molecular weight excluding hydrogens is 210 g/mol. The molecule has 86 valence electrons. The van der Waals surface area contributed by atoms with Gasteiger partial charge in [-0.1, -0.05) is 36.4 Å². The van der Waals surface area contributed by atoms with Crippen LogP contribution in [0.25, 0.3) is 10.8 Å². The second-order valence-electron chi connectivity index (χ2n) is 4.43. The smallest absolute Gasteiger partial charge is 0.191 e. The van der Waals surface area contributed by atoms with Crippen LogP contribution in [-0.2, 0) is 0 Å². The minimum Gasteiger partial charge on any atom is -0.370 e. The van der Waals surface area contributed by atoms with E-state index in [4.69, 9.17) is 5.73 Å². The summed E-state index contributed by atoms with van der Waals surface area (Å²) in [5.74, 6) is 0.628. The predicted molar refractivity (Wildman–Crippen MR) is 70.9 cm³/mol. The molecule has 3 heteroatoms. The van der Waals surface area contributed by atoms with Crippen molar-refractivity contribution in [2.45, 2.75) is 6.04 Å². The molecule has 1 unspecified atom stereocenters. The predicted octanol–water partition coefficient (Wildman–Crippen LogP) is 2.14. The van der Waals surface area contributed by atoms with Crippen LogP contribution < -0.4 is 5.73 Å². The molecule has 2 aromatic carbocycles. The van der Waals surface area contributed by atoms with E-state index in [9.17, 15) is 0 Å². The van der Waals surface area contributed by atoms with Gasteiger partial charge < -0.3 is 10.6 Å². The number of nitrogens with two attached hydrogens (primary N) is 1. The van der Waals surface area contributed by atoms with Gasteiger partial charge in [0, 0.05) is 7.05 Å². The van der Waals surface area contributed by atoms with Crippen LogP contribution in [0.4, 0.5) is 0 Å². The summed E-state index contributed by atoms with van der Waals surface area (Å²) in [5.41, 5.74) is 7.07. The molecule has 17 heavy (non-hydrogen) atoms. The van der Waals surface area contributed by atoms with Crippen LogP contribution in [0.2, 0.25) is 0 Å². The van der Waals surface area contributed by atoms with Crippen molar-refractivity contribution in [3.05, 3.63) is 48.0 Å². The molecule has 0 aromatic heterocycles. The average molecular weight is 225 g/mol. The van der Waals surface area contributed by atoms with Crippen LogP contribution in [0.1, 0.15) is 11.6 Å². The summed E-state index contributed by atoms with van der Waals surface area (Å²) in [6.45, 7) is 0.751. The SMILES string of the molecule is CN1C(N)=NCC1c1ccc2ccccc2c1. The van der Waals surface area contributed by atoms with Crippen LogP contribution >= 0.6 is 0 Å². The second kappa shape index (κ2) is 3.77. The fourth-order valence-electron chi connectivity index (χ4n) is 2.32. The lowest BCUT2D eigenvalue weighted by molar-refractivity contribution is 0.414. The van der Waals surface area contributed by atoms with Crippen molar-refractivity contribution in [2.75, 3.05) is 13.6 Å². The molecule has 0 spiro atoms. The van der Waals surface area contributed by atoms with E-state index in [2.05, 4.69) is 47.5 Å². The minimum absolute atomic E-state index is 0.277. The van der Waals surface area contributed by atoms with Gasteiger partial charge in [0.15, 0.2) is 5.96 Å². The molecule has 1 atom stereocenters. The third-order valence-corrected chi connectivity index (χ3v) is 3.41.